The molecule has 2 rings (SSSR count). The van der Waals surface area contributed by atoms with Gasteiger partial charge in [-0.1, -0.05) is 32.1 Å². The maximum Gasteiger partial charge on any atom is 0.102 e. The molecule has 2 fully saturated rings. The second kappa shape index (κ2) is 3.80. The van der Waals surface area contributed by atoms with Crippen LogP contribution >= 0.6 is 0 Å². The van der Waals surface area contributed by atoms with Crippen LogP contribution in [0.3, 0.4) is 0 Å². The van der Waals surface area contributed by atoms with E-state index in [0.29, 0.717) is 5.92 Å². The maximum absolute atomic E-state index is 13.6. The van der Waals surface area contributed by atoms with E-state index in [-0.39, 0.29) is 11.5 Å². The van der Waals surface area contributed by atoms with E-state index >= 15 is 0 Å². The summed E-state index contributed by atoms with van der Waals surface area (Å²) < 4.78 is 13.6. The van der Waals surface area contributed by atoms with Gasteiger partial charge >= 0.3 is 0 Å². The van der Waals surface area contributed by atoms with Crippen LogP contribution in [0.5, 0.6) is 0 Å². The van der Waals surface area contributed by atoms with Gasteiger partial charge in [0.25, 0.3) is 0 Å². The molecule has 0 amide bonds. The van der Waals surface area contributed by atoms with Crippen molar-refractivity contribution in [3.8, 4) is 0 Å². The Balaban J connectivity index is 2.02. The van der Waals surface area contributed by atoms with Crippen LogP contribution in [0.2, 0.25) is 0 Å². The van der Waals surface area contributed by atoms with Crippen LogP contribution in [0, 0.1) is 11.8 Å². The number of nitrogens with two attached hydrogens (primary N) is 1. The summed E-state index contributed by atoms with van der Waals surface area (Å²) in [6.07, 6.45) is 7.68. The van der Waals surface area contributed by atoms with Gasteiger partial charge in [0, 0.05) is 11.5 Å². The van der Waals surface area contributed by atoms with Crippen molar-refractivity contribution < 1.29 is 4.39 Å². The predicted octanol–water partition coefficient (Wildman–Crippen LogP) is 3.03. The molecule has 1 nitrogen and oxygen atoms in total. The first-order chi connectivity index (χ1) is 6.63. The largest absolute Gasteiger partial charge is 0.325 e. The van der Waals surface area contributed by atoms with Crippen LogP contribution < -0.4 is 5.73 Å². The van der Waals surface area contributed by atoms with Gasteiger partial charge in [0.1, 0.15) is 6.17 Å². The molecule has 2 N–H and O–H groups in total. The van der Waals surface area contributed by atoms with Gasteiger partial charge in [-0.25, -0.2) is 4.39 Å². The highest BCUT2D eigenvalue weighted by molar-refractivity contribution is 5.07. The molecule has 0 aromatic heterocycles. The molecule has 2 unspecified atom stereocenters. The lowest BCUT2D eigenvalue weighted by atomic mass is 9.73. The molecule has 0 radical (unpaired) electrons. The summed E-state index contributed by atoms with van der Waals surface area (Å²) in [7, 11) is 0. The van der Waals surface area contributed by atoms with E-state index in [1.807, 2.05) is 0 Å². The normalized spacial score (nSPS) is 31.1. The van der Waals surface area contributed by atoms with Crippen molar-refractivity contribution in [1.82, 2.24) is 0 Å². The Hall–Kier alpha value is -0.110. The molecule has 0 spiro atoms. The third-order valence-corrected chi connectivity index (χ3v) is 4.14. The zero-order valence-electron chi connectivity index (χ0n) is 9.14. The summed E-state index contributed by atoms with van der Waals surface area (Å²) in [5.74, 6) is 0.707. The minimum Gasteiger partial charge on any atom is -0.325 e. The van der Waals surface area contributed by atoms with Crippen LogP contribution in [-0.2, 0) is 0 Å². The number of alkyl halides is 1. The second-order valence-corrected chi connectivity index (χ2v) is 5.33. The highest BCUT2D eigenvalue weighted by Crippen LogP contribution is 2.48. The highest BCUT2D eigenvalue weighted by atomic mass is 19.1. The van der Waals surface area contributed by atoms with E-state index in [9.17, 15) is 4.39 Å². The first kappa shape index (κ1) is 10.4. The lowest BCUT2D eigenvalue weighted by Crippen LogP contribution is -2.42. The SMILES string of the molecule is CC(F)C(C1CCCCC1)C1(N)CC1. The molecule has 0 aromatic rings. The molecule has 2 saturated carbocycles. The lowest BCUT2D eigenvalue weighted by molar-refractivity contribution is 0.113. The van der Waals surface area contributed by atoms with Gasteiger partial charge in [-0.05, 0) is 25.7 Å². The van der Waals surface area contributed by atoms with Crippen molar-refractivity contribution in [2.45, 2.75) is 63.6 Å². The lowest BCUT2D eigenvalue weighted by Gasteiger charge is -2.35. The summed E-state index contributed by atoms with van der Waals surface area (Å²) >= 11 is 0. The van der Waals surface area contributed by atoms with Crippen LogP contribution in [0.15, 0.2) is 0 Å². The fraction of sp³-hybridized carbons (Fsp3) is 1.00. The number of hydrogen-bond donors (Lipinski definition) is 1. The van der Waals surface area contributed by atoms with E-state index in [1.165, 1.54) is 32.1 Å². The molecule has 0 saturated heterocycles. The summed E-state index contributed by atoms with van der Waals surface area (Å²) in [5, 5.41) is 0. The third-order valence-electron chi connectivity index (χ3n) is 4.14. The molecule has 0 bridgehead atoms. The van der Waals surface area contributed by atoms with Gasteiger partial charge in [0.2, 0.25) is 0 Å². The van der Waals surface area contributed by atoms with Crippen molar-refractivity contribution in [2.24, 2.45) is 17.6 Å². The molecule has 14 heavy (non-hydrogen) atoms. The molecule has 82 valence electrons. The van der Waals surface area contributed by atoms with Crippen LogP contribution in [0.25, 0.3) is 0 Å². The van der Waals surface area contributed by atoms with E-state index < -0.39 is 6.17 Å². The average molecular weight is 199 g/mol. The smallest absolute Gasteiger partial charge is 0.102 e. The zero-order valence-corrected chi connectivity index (χ0v) is 9.14. The van der Waals surface area contributed by atoms with Crippen molar-refractivity contribution in [2.75, 3.05) is 0 Å². The first-order valence-electron chi connectivity index (χ1n) is 6.06. The summed E-state index contributed by atoms with van der Waals surface area (Å²) in [6, 6.07) is 0. The Morgan fingerprint density at radius 1 is 1.21 bits per heavy atom. The first-order valence-corrected chi connectivity index (χ1v) is 6.06. The van der Waals surface area contributed by atoms with E-state index in [4.69, 9.17) is 5.73 Å². The molecule has 2 atom stereocenters. The van der Waals surface area contributed by atoms with Crippen molar-refractivity contribution >= 4 is 0 Å². The second-order valence-electron chi connectivity index (χ2n) is 5.33. The van der Waals surface area contributed by atoms with Crippen molar-refractivity contribution in [3.63, 3.8) is 0 Å². The van der Waals surface area contributed by atoms with E-state index in [2.05, 4.69) is 0 Å². The van der Waals surface area contributed by atoms with E-state index in [0.717, 1.165) is 12.8 Å². The standard InChI is InChI=1S/C12H22FN/c1-9(13)11(12(14)7-8-12)10-5-3-2-4-6-10/h9-11H,2-8,14H2,1H3. The monoisotopic (exact) mass is 199 g/mol. The van der Waals surface area contributed by atoms with E-state index in [1.54, 1.807) is 6.92 Å². The van der Waals surface area contributed by atoms with Gasteiger partial charge in [-0.3, -0.25) is 0 Å². The molecular weight excluding hydrogens is 177 g/mol. The molecule has 2 aliphatic rings. The molecule has 2 heteroatoms. The number of rotatable bonds is 3. The van der Waals surface area contributed by atoms with Crippen molar-refractivity contribution in [3.05, 3.63) is 0 Å². The summed E-state index contributed by atoms with van der Waals surface area (Å²) in [5.41, 5.74) is 6.05. The third kappa shape index (κ3) is 1.95. The van der Waals surface area contributed by atoms with Gasteiger partial charge in [-0.15, -0.1) is 0 Å². The summed E-state index contributed by atoms with van der Waals surface area (Å²) in [6.45, 7) is 1.70. The van der Waals surface area contributed by atoms with Crippen molar-refractivity contribution in [1.29, 1.82) is 0 Å². The zero-order chi connectivity index (χ0) is 10.2. The molecule has 0 aliphatic heterocycles. The number of hydrogen-bond acceptors (Lipinski definition) is 1. The number of halogens is 1. The quantitative estimate of drug-likeness (QED) is 0.743. The van der Waals surface area contributed by atoms with Crippen LogP contribution in [-0.4, -0.2) is 11.7 Å². The highest BCUT2D eigenvalue weighted by Gasteiger charge is 2.51. The van der Waals surface area contributed by atoms with Gasteiger partial charge in [0.15, 0.2) is 0 Å². The van der Waals surface area contributed by atoms with Gasteiger partial charge in [0.05, 0.1) is 0 Å². The average Bonchev–Trinajstić information content (AvgIpc) is 2.85. The fourth-order valence-corrected chi connectivity index (χ4v) is 3.27. The van der Waals surface area contributed by atoms with Gasteiger partial charge < -0.3 is 5.73 Å². The molecule has 2 aliphatic carbocycles. The van der Waals surface area contributed by atoms with Crippen LogP contribution in [0.1, 0.15) is 51.9 Å². The molecular formula is C12H22FN. The molecule has 0 aromatic carbocycles. The minimum absolute atomic E-state index is 0.129. The minimum atomic E-state index is -0.717. The Labute approximate surface area is 86.2 Å². The fourth-order valence-electron chi connectivity index (χ4n) is 3.27. The Kier molecular flexibility index (Phi) is 2.83. The topological polar surface area (TPSA) is 26.0 Å². The Morgan fingerprint density at radius 3 is 2.21 bits per heavy atom. The summed E-state index contributed by atoms with van der Waals surface area (Å²) in [4.78, 5) is 0. The maximum atomic E-state index is 13.6. The Morgan fingerprint density at radius 2 is 1.79 bits per heavy atom. The molecule has 0 heterocycles. The predicted molar refractivity (Wildman–Crippen MR) is 56.8 cm³/mol. The van der Waals surface area contributed by atoms with Crippen LogP contribution in [0.4, 0.5) is 4.39 Å². The van der Waals surface area contributed by atoms with Gasteiger partial charge in [-0.2, -0.15) is 0 Å². The Bertz CT molecular complexity index is 192.